The molecule has 3 heteroatoms. The molecule has 2 heterocycles. The third-order valence-electron chi connectivity index (χ3n) is 7.44. The van der Waals surface area contributed by atoms with Gasteiger partial charge >= 0.3 is 0 Å². The molecule has 6 rings (SSSR count). The predicted molar refractivity (Wildman–Crippen MR) is 134 cm³/mol. The second-order valence-corrected chi connectivity index (χ2v) is 16.6. The topological polar surface area (TPSA) is 17.1 Å². The second kappa shape index (κ2) is 6.66. The predicted octanol–water partition coefficient (Wildman–Crippen LogP) is 5.02. The Hall–Kier alpha value is -2.67. The molecule has 0 aromatic heterocycles. The maximum Gasteiger partial charge on any atom is 0.171 e. The molecule has 1 nitrogen and oxygen atoms in total. The average Bonchev–Trinajstić information content (AvgIpc) is 2.99. The van der Waals surface area contributed by atoms with Crippen molar-refractivity contribution in [2.45, 2.75) is 24.6 Å². The summed E-state index contributed by atoms with van der Waals surface area (Å²) in [4.78, 5) is 0. The Morgan fingerprint density at radius 3 is 1.84 bits per heavy atom. The van der Waals surface area contributed by atoms with Gasteiger partial charge in [0.2, 0.25) is 0 Å². The largest absolute Gasteiger partial charge is 0.309 e. The van der Waals surface area contributed by atoms with Crippen molar-refractivity contribution in [2.75, 3.05) is 0 Å². The molecule has 0 spiro atoms. The summed E-state index contributed by atoms with van der Waals surface area (Å²) in [5.74, 6) is 0.259. The Labute approximate surface area is 185 Å². The molecule has 2 aliphatic heterocycles. The number of rotatable bonds is 1. The van der Waals surface area contributed by atoms with Crippen LogP contribution in [-0.4, -0.2) is 8.07 Å². The van der Waals surface area contributed by atoms with Gasteiger partial charge in [-0.15, -0.1) is 0 Å². The smallest absolute Gasteiger partial charge is 0.171 e. The summed E-state index contributed by atoms with van der Waals surface area (Å²) in [5, 5.41) is 4.53. The number of hydrogen-bond donors (Lipinski definition) is 0. The minimum absolute atomic E-state index is 0.259. The highest BCUT2D eigenvalue weighted by Gasteiger charge is 2.53. The zero-order valence-electron chi connectivity index (χ0n) is 17.8. The van der Waals surface area contributed by atoms with Crippen LogP contribution >= 0.6 is 7.14 Å². The molecule has 0 N–H and O–H groups in total. The van der Waals surface area contributed by atoms with Gasteiger partial charge in [-0.05, 0) is 22.2 Å². The number of hydrogen-bond acceptors (Lipinski definition) is 1. The molecule has 31 heavy (non-hydrogen) atoms. The van der Waals surface area contributed by atoms with Crippen molar-refractivity contribution in [3.8, 4) is 0 Å². The van der Waals surface area contributed by atoms with Gasteiger partial charge in [-0.2, -0.15) is 0 Å². The molecule has 152 valence electrons. The van der Waals surface area contributed by atoms with Crippen molar-refractivity contribution in [1.29, 1.82) is 0 Å². The molecular weight excluding hydrogens is 411 g/mol. The third-order valence-corrected chi connectivity index (χ3v) is 14.7. The van der Waals surface area contributed by atoms with Crippen LogP contribution in [0.15, 0.2) is 103 Å². The molecule has 4 aromatic rings. The van der Waals surface area contributed by atoms with Crippen LogP contribution in [-0.2, 0) is 4.57 Å². The standard InChI is InChI=1S/C28H25OPSi/c1-31(2)26-19-11-8-16-23(26)27-21-14-6-9-17-24(21)30(29,20-12-4-3-5-13-20)25-18-10-7-15-22(25)28(27)31/h3-19,27-28H,1-2H3. The first-order valence-electron chi connectivity index (χ1n) is 11.0. The fourth-order valence-corrected chi connectivity index (χ4v) is 13.5. The van der Waals surface area contributed by atoms with Crippen LogP contribution in [0.1, 0.15) is 28.1 Å². The zero-order chi connectivity index (χ0) is 21.2. The lowest BCUT2D eigenvalue weighted by Gasteiger charge is -2.31. The Balaban J connectivity index is 1.79. The van der Waals surface area contributed by atoms with Crippen LogP contribution in [0, 0.1) is 0 Å². The molecule has 3 atom stereocenters. The van der Waals surface area contributed by atoms with E-state index in [0.717, 1.165) is 15.9 Å². The fourth-order valence-electron chi connectivity index (χ4n) is 6.15. The normalized spacial score (nSPS) is 25.0. The first kappa shape index (κ1) is 19.0. The van der Waals surface area contributed by atoms with E-state index in [1.54, 1.807) is 5.19 Å². The van der Waals surface area contributed by atoms with Gasteiger partial charge in [-0.3, -0.25) is 0 Å². The number of fused-ring (bicyclic) bond motifs is 7. The van der Waals surface area contributed by atoms with Gasteiger partial charge < -0.3 is 4.57 Å². The van der Waals surface area contributed by atoms with Crippen molar-refractivity contribution in [2.24, 2.45) is 0 Å². The Morgan fingerprint density at radius 2 is 1.13 bits per heavy atom. The van der Waals surface area contributed by atoms with E-state index in [9.17, 15) is 0 Å². The second-order valence-electron chi connectivity index (χ2n) is 9.33. The molecule has 0 radical (unpaired) electrons. The maximum absolute atomic E-state index is 15.3. The van der Waals surface area contributed by atoms with E-state index >= 15 is 4.57 Å². The van der Waals surface area contributed by atoms with Gasteiger partial charge in [0.1, 0.15) is 0 Å². The first-order valence-corrected chi connectivity index (χ1v) is 15.8. The molecular formula is C28H25OPSi. The molecule has 0 saturated heterocycles. The zero-order valence-corrected chi connectivity index (χ0v) is 19.7. The number of benzene rings is 4. The highest BCUT2D eigenvalue weighted by molar-refractivity contribution is 7.85. The summed E-state index contributed by atoms with van der Waals surface area (Å²) in [7, 11) is -4.85. The Kier molecular flexibility index (Phi) is 4.09. The summed E-state index contributed by atoms with van der Waals surface area (Å²) >= 11 is 0. The van der Waals surface area contributed by atoms with Gasteiger partial charge in [0.25, 0.3) is 0 Å². The summed E-state index contributed by atoms with van der Waals surface area (Å²) < 4.78 is 15.3. The molecule has 0 bridgehead atoms. The van der Waals surface area contributed by atoms with Gasteiger partial charge in [-0.1, -0.05) is 121 Å². The maximum atomic E-state index is 15.3. The average molecular weight is 437 g/mol. The molecule has 4 aromatic carbocycles. The lowest BCUT2D eigenvalue weighted by molar-refractivity contribution is 0.592. The highest BCUT2D eigenvalue weighted by Crippen LogP contribution is 2.56. The quantitative estimate of drug-likeness (QED) is 0.302. The van der Waals surface area contributed by atoms with Crippen LogP contribution < -0.4 is 21.1 Å². The SMILES string of the molecule is C[Si]1(C)c2ccccc2C2c3ccccc3P(=O)(c3ccccc3)c3ccccc3C21. The third kappa shape index (κ3) is 2.47. The molecule has 0 fully saturated rings. The van der Waals surface area contributed by atoms with Crippen LogP contribution in [0.5, 0.6) is 0 Å². The van der Waals surface area contributed by atoms with Gasteiger partial charge in [0.05, 0.1) is 8.07 Å². The summed E-state index contributed by atoms with van der Waals surface area (Å²) in [6.07, 6.45) is 0. The van der Waals surface area contributed by atoms with Crippen molar-refractivity contribution < 1.29 is 4.57 Å². The van der Waals surface area contributed by atoms with Gasteiger partial charge in [0, 0.05) is 21.8 Å². The van der Waals surface area contributed by atoms with E-state index in [0.29, 0.717) is 5.54 Å². The van der Waals surface area contributed by atoms with Crippen molar-refractivity contribution >= 4 is 36.3 Å². The molecule has 0 saturated carbocycles. The van der Waals surface area contributed by atoms with E-state index in [1.807, 2.05) is 30.3 Å². The van der Waals surface area contributed by atoms with E-state index in [4.69, 9.17) is 0 Å². The van der Waals surface area contributed by atoms with E-state index in [1.165, 1.54) is 16.7 Å². The van der Waals surface area contributed by atoms with Crippen LogP contribution in [0.25, 0.3) is 0 Å². The van der Waals surface area contributed by atoms with Crippen LogP contribution in [0.2, 0.25) is 13.1 Å². The summed E-state index contributed by atoms with van der Waals surface area (Å²) in [6, 6.07) is 36.3. The lowest BCUT2D eigenvalue weighted by atomic mass is 9.86. The lowest BCUT2D eigenvalue weighted by Crippen LogP contribution is -2.45. The Bertz CT molecular complexity index is 1360. The summed E-state index contributed by atoms with van der Waals surface area (Å²) in [6.45, 7) is 4.99. The Morgan fingerprint density at radius 1 is 0.613 bits per heavy atom. The summed E-state index contributed by atoms with van der Waals surface area (Å²) in [5.41, 5.74) is 4.36. The molecule has 0 aliphatic carbocycles. The van der Waals surface area contributed by atoms with E-state index in [2.05, 4.69) is 85.9 Å². The van der Waals surface area contributed by atoms with E-state index in [-0.39, 0.29) is 5.92 Å². The van der Waals surface area contributed by atoms with Gasteiger partial charge in [-0.25, -0.2) is 0 Å². The van der Waals surface area contributed by atoms with Crippen LogP contribution in [0.3, 0.4) is 0 Å². The van der Waals surface area contributed by atoms with Crippen molar-refractivity contribution in [3.63, 3.8) is 0 Å². The minimum Gasteiger partial charge on any atom is -0.309 e. The van der Waals surface area contributed by atoms with Crippen LogP contribution in [0.4, 0.5) is 0 Å². The molecule has 3 unspecified atom stereocenters. The monoisotopic (exact) mass is 436 g/mol. The fraction of sp³-hybridized carbons (Fsp3) is 0.143. The molecule has 0 amide bonds. The van der Waals surface area contributed by atoms with Crippen molar-refractivity contribution in [1.82, 2.24) is 0 Å². The molecule has 2 aliphatic rings. The van der Waals surface area contributed by atoms with Gasteiger partial charge in [0.15, 0.2) is 7.14 Å². The minimum atomic E-state index is -2.99. The van der Waals surface area contributed by atoms with Crippen molar-refractivity contribution in [3.05, 3.63) is 120 Å². The first-order chi connectivity index (χ1) is 15.0. The highest BCUT2D eigenvalue weighted by atomic mass is 31.2. The van der Waals surface area contributed by atoms with E-state index < -0.39 is 15.2 Å².